The van der Waals surface area contributed by atoms with E-state index in [-0.39, 0.29) is 33.3 Å². The van der Waals surface area contributed by atoms with Gasteiger partial charge < -0.3 is 5.11 Å². The topological polar surface area (TPSA) is 71.4 Å². The van der Waals surface area contributed by atoms with Gasteiger partial charge in [-0.3, -0.25) is 0 Å². The van der Waals surface area contributed by atoms with Crippen molar-refractivity contribution in [2.45, 2.75) is 12.7 Å². The fourth-order valence-corrected chi connectivity index (χ4v) is 4.82. The minimum absolute atomic E-state index is 0.0464. The van der Waals surface area contributed by atoms with E-state index in [9.17, 15) is 27.5 Å². The second-order valence-electron chi connectivity index (χ2n) is 7.76. The molecule has 0 atom stereocenters. The number of fused-ring (bicyclic) bond motifs is 1. The van der Waals surface area contributed by atoms with Gasteiger partial charge in [-0.15, -0.1) is 11.3 Å². The maximum absolute atomic E-state index is 13.8. The second-order valence-corrected chi connectivity index (χ2v) is 9.46. The predicted octanol–water partition coefficient (Wildman–Crippen LogP) is 5.34. The zero-order valence-corrected chi connectivity index (χ0v) is 19.6. The van der Waals surface area contributed by atoms with Gasteiger partial charge in [0.25, 0.3) is 11.5 Å². The highest BCUT2D eigenvalue weighted by atomic mass is 35.5. The van der Waals surface area contributed by atoms with Gasteiger partial charge in [-0.1, -0.05) is 17.7 Å². The SMILES string of the molecule is O=c1c(-c2cc(-c3ccc(F)nc3)cc(C(F)(F)F)c2)c(O)[n+](Cc2cnc(Cl)s2)c2ccccn12. The Kier molecular flexibility index (Phi) is 5.97. The molecule has 5 rings (SSSR count). The Morgan fingerprint density at radius 2 is 1.81 bits per heavy atom. The number of hydrogen-bond acceptors (Lipinski definition) is 5. The zero-order chi connectivity index (χ0) is 25.6. The van der Waals surface area contributed by atoms with Gasteiger partial charge >= 0.3 is 11.7 Å². The zero-order valence-electron chi connectivity index (χ0n) is 18.0. The number of aromatic hydroxyl groups is 1. The third-order valence-electron chi connectivity index (χ3n) is 5.48. The van der Waals surface area contributed by atoms with Crippen LogP contribution in [0.2, 0.25) is 4.47 Å². The minimum Gasteiger partial charge on any atom is -0.477 e. The lowest BCUT2D eigenvalue weighted by molar-refractivity contribution is -0.671. The highest BCUT2D eigenvalue weighted by molar-refractivity contribution is 7.15. The van der Waals surface area contributed by atoms with Gasteiger partial charge in [-0.25, -0.2) is 14.8 Å². The summed E-state index contributed by atoms with van der Waals surface area (Å²) in [5.41, 5.74) is -1.71. The fraction of sp³-hybridized carbons (Fsp3) is 0.0833. The molecule has 5 aromatic rings. The van der Waals surface area contributed by atoms with Crippen LogP contribution in [0.3, 0.4) is 0 Å². The third-order valence-corrected chi connectivity index (χ3v) is 6.58. The summed E-state index contributed by atoms with van der Waals surface area (Å²) in [4.78, 5) is 21.6. The Morgan fingerprint density at radius 1 is 1.03 bits per heavy atom. The molecule has 4 heterocycles. The number of hydrogen-bond donors (Lipinski definition) is 1. The first-order valence-electron chi connectivity index (χ1n) is 10.3. The van der Waals surface area contributed by atoms with Gasteiger partial charge in [-0.2, -0.15) is 26.5 Å². The smallest absolute Gasteiger partial charge is 0.416 e. The van der Waals surface area contributed by atoms with Crippen LogP contribution in [0.5, 0.6) is 5.88 Å². The van der Waals surface area contributed by atoms with E-state index in [1.807, 2.05) is 0 Å². The molecule has 0 aliphatic rings. The summed E-state index contributed by atoms with van der Waals surface area (Å²) in [5.74, 6) is -1.32. The van der Waals surface area contributed by atoms with Crippen LogP contribution in [-0.2, 0) is 12.7 Å². The number of alkyl halides is 3. The van der Waals surface area contributed by atoms with Crippen LogP contribution < -0.4 is 10.1 Å². The molecule has 0 saturated heterocycles. The van der Waals surface area contributed by atoms with Crippen molar-refractivity contribution < 1.29 is 27.2 Å². The van der Waals surface area contributed by atoms with Gasteiger partial charge in [0, 0.05) is 24.0 Å². The molecular weight excluding hydrogens is 520 g/mol. The number of aromatic nitrogens is 4. The van der Waals surface area contributed by atoms with Gasteiger partial charge in [0.15, 0.2) is 10.0 Å². The first kappa shape index (κ1) is 23.9. The second kappa shape index (κ2) is 8.99. The number of benzene rings is 1. The van der Waals surface area contributed by atoms with Crippen molar-refractivity contribution in [2.24, 2.45) is 0 Å². The van der Waals surface area contributed by atoms with Crippen molar-refractivity contribution in [3.8, 4) is 28.1 Å². The molecule has 4 aromatic heterocycles. The minimum atomic E-state index is -4.75. The fourth-order valence-electron chi connectivity index (χ4n) is 3.86. The number of nitrogens with zero attached hydrogens (tertiary/aromatic N) is 4. The molecular formula is C24H14ClF4N4O2S+. The van der Waals surface area contributed by atoms with Crippen LogP contribution in [0, 0.1) is 5.95 Å². The van der Waals surface area contributed by atoms with Crippen LogP contribution >= 0.6 is 22.9 Å². The van der Waals surface area contributed by atoms with Crippen LogP contribution in [0.1, 0.15) is 10.4 Å². The van der Waals surface area contributed by atoms with E-state index in [1.165, 1.54) is 33.5 Å². The molecule has 12 heteroatoms. The van der Waals surface area contributed by atoms with E-state index in [2.05, 4.69) is 9.97 Å². The van der Waals surface area contributed by atoms with Crippen LogP contribution in [-0.4, -0.2) is 19.5 Å². The molecule has 6 nitrogen and oxygen atoms in total. The number of pyridine rings is 2. The van der Waals surface area contributed by atoms with E-state index in [4.69, 9.17) is 11.6 Å². The van der Waals surface area contributed by atoms with Crippen molar-refractivity contribution in [1.29, 1.82) is 0 Å². The summed E-state index contributed by atoms with van der Waals surface area (Å²) in [6.45, 7) is 0.0602. The van der Waals surface area contributed by atoms with E-state index < -0.39 is 29.1 Å². The first-order valence-corrected chi connectivity index (χ1v) is 11.5. The van der Waals surface area contributed by atoms with Gasteiger partial charge in [-0.05, 0) is 47.5 Å². The average Bonchev–Trinajstić information content (AvgIpc) is 3.26. The Hall–Kier alpha value is -3.83. The molecule has 0 spiro atoms. The molecule has 182 valence electrons. The number of halogens is 5. The number of rotatable bonds is 4. The lowest BCUT2D eigenvalue weighted by Crippen LogP contribution is -2.41. The monoisotopic (exact) mass is 533 g/mol. The van der Waals surface area contributed by atoms with Gasteiger partial charge in [0.1, 0.15) is 6.54 Å². The molecule has 0 aliphatic carbocycles. The van der Waals surface area contributed by atoms with Crippen molar-refractivity contribution in [2.75, 3.05) is 0 Å². The summed E-state index contributed by atoms with van der Waals surface area (Å²) in [6.07, 6.45) is -0.700. The van der Waals surface area contributed by atoms with Crippen LogP contribution in [0.4, 0.5) is 17.6 Å². The summed E-state index contributed by atoms with van der Waals surface area (Å²) in [7, 11) is 0. The quantitative estimate of drug-likeness (QED) is 0.192. The van der Waals surface area contributed by atoms with Crippen molar-refractivity contribution >= 4 is 28.6 Å². The van der Waals surface area contributed by atoms with E-state index in [1.54, 1.807) is 18.2 Å². The van der Waals surface area contributed by atoms with Crippen LogP contribution in [0.15, 0.2) is 71.9 Å². The van der Waals surface area contributed by atoms with E-state index >= 15 is 0 Å². The molecule has 36 heavy (non-hydrogen) atoms. The normalized spacial score (nSPS) is 11.8. The molecule has 0 bridgehead atoms. The Bertz CT molecular complexity index is 1670. The first-order chi connectivity index (χ1) is 17.1. The molecule has 1 aromatic carbocycles. The van der Waals surface area contributed by atoms with Gasteiger partial charge in [0.2, 0.25) is 5.95 Å². The van der Waals surface area contributed by atoms with Crippen molar-refractivity contribution in [3.05, 3.63) is 98.3 Å². The lowest BCUT2D eigenvalue weighted by Gasteiger charge is -2.14. The highest BCUT2D eigenvalue weighted by Gasteiger charge is 2.33. The molecule has 0 saturated carbocycles. The van der Waals surface area contributed by atoms with Crippen molar-refractivity contribution in [3.63, 3.8) is 0 Å². The average molecular weight is 534 g/mol. The summed E-state index contributed by atoms with van der Waals surface area (Å²) < 4.78 is 57.7. The predicted molar refractivity (Wildman–Crippen MR) is 125 cm³/mol. The Balaban J connectivity index is 1.80. The summed E-state index contributed by atoms with van der Waals surface area (Å²) in [5, 5.41) is 11.2. The summed E-state index contributed by atoms with van der Waals surface area (Å²) >= 11 is 7.09. The van der Waals surface area contributed by atoms with Crippen LogP contribution in [0.25, 0.3) is 27.9 Å². The maximum Gasteiger partial charge on any atom is 0.416 e. The Morgan fingerprint density at radius 3 is 2.47 bits per heavy atom. The highest BCUT2D eigenvalue weighted by Crippen LogP contribution is 2.37. The Labute approximate surface area is 209 Å². The third kappa shape index (κ3) is 4.42. The summed E-state index contributed by atoms with van der Waals surface area (Å²) in [6, 6.07) is 10.1. The number of thiazole rings is 1. The molecule has 0 unspecified atom stereocenters. The standard InChI is InChI=1S/C24H13ClF4N4O2S/c25-23-31-11-17(36-23)12-33-19-3-1-2-6-32(19)21(34)20(22(33)35)15-7-14(8-16(9-15)24(27,28)29)13-4-5-18(26)30-10-13/h1-11H,12H2/p+1. The van der Waals surface area contributed by atoms with E-state index in [0.29, 0.717) is 10.5 Å². The van der Waals surface area contributed by atoms with Crippen molar-refractivity contribution in [1.82, 2.24) is 14.4 Å². The molecule has 0 aliphatic heterocycles. The van der Waals surface area contributed by atoms with Gasteiger partial charge in [0.05, 0.1) is 16.6 Å². The van der Waals surface area contributed by atoms with E-state index in [0.717, 1.165) is 35.7 Å². The molecule has 0 radical (unpaired) electrons. The lowest BCUT2D eigenvalue weighted by atomic mass is 9.97. The molecule has 0 fully saturated rings. The molecule has 1 N–H and O–H groups in total. The molecule has 0 amide bonds. The largest absolute Gasteiger partial charge is 0.477 e. The maximum atomic E-state index is 13.8.